The highest BCUT2D eigenvalue weighted by molar-refractivity contribution is 5.47. The van der Waals surface area contributed by atoms with E-state index < -0.39 is 0 Å². The van der Waals surface area contributed by atoms with Crippen LogP contribution in [0.4, 0.5) is 10.1 Å². The summed E-state index contributed by atoms with van der Waals surface area (Å²) in [5, 5.41) is 3.33. The molecule has 1 atom stereocenters. The number of nitrogens with one attached hydrogen (secondary N) is 1. The van der Waals surface area contributed by atoms with E-state index in [2.05, 4.69) is 37.9 Å². The molecule has 1 N–H and O–H groups in total. The number of nitrogens with zero attached hydrogens (tertiary/aromatic N) is 1. The number of anilines is 1. The minimum atomic E-state index is -0.150. The summed E-state index contributed by atoms with van der Waals surface area (Å²) >= 11 is 0. The Hall–Kier alpha value is -1.09. The van der Waals surface area contributed by atoms with Gasteiger partial charge in [-0.15, -0.1) is 0 Å². The maximum absolute atomic E-state index is 13.8. The molecule has 1 aromatic rings. The fourth-order valence-electron chi connectivity index (χ4n) is 2.12. The Bertz CT molecular complexity index is 371. The maximum atomic E-state index is 13.8. The third kappa shape index (κ3) is 3.70. The summed E-state index contributed by atoms with van der Waals surface area (Å²) in [5.74, 6) is -0.150. The standard InChI is InChI=1S/C15H25FN2/c1-6-18(11-14(17-5)15(2,3)4)13-10-8-7-9-12(13)16/h7-10,14,17H,6,11H2,1-5H3. The second-order valence-electron chi connectivity index (χ2n) is 5.70. The fourth-order valence-corrected chi connectivity index (χ4v) is 2.12. The SMILES string of the molecule is CCN(CC(NC)C(C)(C)C)c1ccccc1F. The van der Waals surface area contributed by atoms with Crippen LogP contribution in [0.1, 0.15) is 27.7 Å². The lowest BCUT2D eigenvalue weighted by atomic mass is 9.86. The molecule has 0 heterocycles. The first-order valence-corrected chi connectivity index (χ1v) is 6.57. The van der Waals surface area contributed by atoms with Crippen LogP contribution in [-0.2, 0) is 0 Å². The van der Waals surface area contributed by atoms with Crippen molar-refractivity contribution < 1.29 is 4.39 Å². The highest BCUT2D eigenvalue weighted by Gasteiger charge is 2.25. The number of halogens is 1. The van der Waals surface area contributed by atoms with Crippen molar-refractivity contribution in [3.05, 3.63) is 30.1 Å². The molecule has 0 bridgehead atoms. The molecule has 0 amide bonds. The second kappa shape index (κ2) is 6.19. The smallest absolute Gasteiger partial charge is 0.146 e. The summed E-state index contributed by atoms with van der Waals surface area (Å²) in [6, 6.07) is 7.29. The zero-order chi connectivity index (χ0) is 13.8. The van der Waals surface area contributed by atoms with Crippen LogP contribution in [0.2, 0.25) is 0 Å². The number of benzene rings is 1. The van der Waals surface area contributed by atoms with E-state index in [1.807, 2.05) is 19.2 Å². The second-order valence-corrected chi connectivity index (χ2v) is 5.70. The molecule has 1 aromatic carbocycles. The molecular weight excluding hydrogens is 227 g/mol. The predicted octanol–water partition coefficient (Wildman–Crippen LogP) is 3.29. The lowest BCUT2D eigenvalue weighted by Crippen LogP contribution is -2.47. The molecular formula is C15H25FN2. The van der Waals surface area contributed by atoms with E-state index in [1.165, 1.54) is 6.07 Å². The number of hydrogen-bond acceptors (Lipinski definition) is 2. The summed E-state index contributed by atoms with van der Waals surface area (Å²) in [6.45, 7) is 10.3. The zero-order valence-electron chi connectivity index (χ0n) is 12.1. The van der Waals surface area contributed by atoms with Gasteiger partial charge in [-0.3, -0.25) is 0 Å². The zero-order valence-corrected chi connectivity index (χ0v) is 12.1. The van der Waals surface area contributed by atoms with E-state index in [9.17, 15) is 4.39 Å². The van der Waals surface area contributed by atoms with Crippen LogP contribution in [0.25, 0.3) is 0 Å². The van der Waals surface area contributed by atoms with Crippen LogP contribution in [0.5, 0.6) is 0 Å². The third-order valence-corrected chi connectivity index (χ3v) is 3.37. The van der Waals surface area contributed by atoms with Gasteiger partial charge in [-0.25, -0.2) is 4.39 Å². The molecule has 0 radical (unpaired) electrons. The van der Waals surface area contributed by atoms with Crippen molar-refractivity contribution in [2.24, 2.45) is 5.41 Å². The monoisotopic (exact) mass is 252 g/mol. The average molecular weight is 252 g/mol. The van der Waals surface area contributed by atoms with E-state index in [0.29, 0.717) is 11.7 Å². The van der Waals surface area contributed by atoms with Gasteiger partial charge in [-0.1, -0.05) is 32.9 Å². The largest absolute Gasteiger partial charge is 0.368 e. The van der Waals surface area contributed by atoms with Gasteiger partial charge in [0.05, 0.1) is 5.69 Å². The first-order valence-electron chi connectivity index (χ1n) is 6.57. The van der Waals surface area contributed by atoms with Crippen LogP contribution in [-0.4, -0.2) is 26.2 Å². The predicted molar refractivity (Wildman–Crippen MR) is 76.6 cm³/mol. The van der Waals surface area contributed by atoms with Crippen molar-refractivity contribution in [1.29, 1.82) is 0 Å². The molecule has 18 heavy (non-hydrogen) atoms. The van der Waals surface area contributed by atoms with Gasteiger partial charge in [0.15, 0.2) is 0 Å². The Morgan fingerprint density at radius 3 is 2.33 bits per heavy atom. The molecule has 0 aliphatic carbocycles. The van der Waals surface area contributed by atoms with Crippen LogP contribution in [0.15, 0.2) is 24.3 Å². The highest BCUT2D eigenvalue weighted by atomic mass is 19.1. The van der Waals surface area contributed by atoms with E-state index in [4.69, 9.17) is 0 Å². The van der Waals surface area contributed by atoms with Gasteiger partial charge in [-0.05, 0) is 31.5 Å². The lowest BCUT2D eigenvalue weighted by molar-refractivity contribution is 0.283. The van der Waals surface area contributed by atoms with Crippen molar-refractivity contribution in [3.8, 4) is 0 Å². The molecule has 0 saturated heterocycles. The first kappa shape index (κ1) is 15.0. The van der Waals surface area contributed by atoms with Gasteiger partial charge in [0.1, 0.15) is 5.82 Å². The van der Waals surface area contributed by atoms with Crippen molar-refractivity contribution in [1.82, 2.24) is 5.32 Å². The quantitative estimate of drug-likeness (QED) is 0.865. The van der Waals surface area contributed by atoms with E-state index in [0.717, 1.165) is 13.1 Å². The first-order chi connectivity index (χ1) is 8.40. The Balaban J connectivity index is 2.88. The molecule has 0 saturated carbocycles. The van der Waals surface area contributed by atoms with Gasteiger partial charge in [0.25, 0.3) is 0 Å². The number of para-hydroxylation sites is 1. The van der Waals surface area contributed by atoms with Gasteiger partial charge >= 0.3 is 0 Å². The van der Waals surface area contributed by atoms with Crippen LogP contribution < -0.4 is 10.2 Å². The van der Waals surface area contributed by atoms with Gasteiger partial charge in [-0.2, -0.15) is 0 Å². The van der Waals surface area contributed by atoms with Crippen molar-refractivity contribution >= 4 is 5.69 Å². The molecule has 0 aliphatic heterocycles. The lowest BCUT2D eigenvalue weighted by Gasteiger charge is -2.36. The highest BCUT2D eigenvalue weighted by Crippen LogP contribution is 2.24. The Kier molecular flexibility index (Phi) is 5.15. The number of rotatable bonds is 5. The van der Waals surface area contributed by atoms with Gasteiger partial charge in [0, 0.05) is 19.1 Å². The fraction of sp³-hybridized carbons (Fsp3) is 0.600. The molecule has 102 valence electrons. The minimum Gasteiger partial charge on any atom is -0.368 e. The number of hydrogen-bond donors (Lipinski definition) is 1. The van der Waals surface area contributed by atoms with Crippen molar-refractivity contribution in [2.45, 2.75) is 33.7 Å². The molecule has 1 rings (SSSR count). The summed E-state index contributed by atoms with van der Waals surface area (Å²) in [6.07, 6.45) is 0. The number of likely N-dealkylation sites (N-methyl/N-ethyl adjacent to an activating group) is 2. The van der Waals surface area contributed by atoms with Crippen molar-refractivity contribution in [3.63, 3.8) is 0 Å². The molecule has 0 aromatic heterocycles. The molecule has 1 unspecified atom stereocenters. The Morgan fingerprint density at radius 2 is 1.89 bits per heavy atom. The molecule has 2 nitrogen and oxygen atoms in total. The molecule has 0 fully saturated rings. The molecule has 3 heteroatoms. The van der Waals surface area contributed by atoms with Crippen molar-refractivity contribution in [2.75, 3.05) is 25.0 Å². The summed E-state index contributed by atoms with van der Waals surface area (Å²) in [4.78, 5) is 2.09. The summed E-state index contributed by atoms with van der Waals surface area (Å²) in [7, 11) is 1.96. The Morgan fingerprint density at radius 1 is 1.28 bits per heavy atom. The summed E-state index contributed by atoms with van der Waals surface area (Å²) in [5.41, 5.74) is 0.831. The Labute approximate surface area is 110 Å². The van der Waals surface area contributed by atoms with Crippen LogP contribution in [0, 0.1) is 11.2 Å². The van der Waals surface area contributed by atoms with E-state index in [1.54, 1.807) is 6.07 Å². The minimum absolute atomic E-state index is 0.146. The topological polar surface area (TPSA) is 15.3 Å². The average Bonchev–Trinajstić information content (AvgIpc) is 2.30. The maximum Gasteiger partial charge on any atom is 0.146 e. The van der Waals surface area contributed by atoms with Gasteiger partial charge < -0.3 is 10.2 Å². The van der Waals surface area contributed by atoms with E-state index in [-0.39, 0.29) is 11.2 Å². The van der Waals surface area contributed by atoms with Crippen LogP contribution in [0.3, 0.4) is 0 Å². The normalized spacial score (nSPS) is 13.4. The molecule has 0 aliphatic rings. The van der Waals surface area contributed by atoms with Crippen LogP contribution >= 0.6 is 0 Å². The third-order valence-electron chi connectivity index (χ3n) is 3.37. The molecule has 0 spiro atoms. The van der Waals surface area contributed by atoms with Gasteiger partial charge in [0.2, 0.25) is 0 Å². The summed E-state index contributed by atoms with van der Waals surface area (Å²) < 4.78 is 13.8. The van der Waals surface area contributed by atoms with E-state index >= 15 is 0 Å².